The smallest absolute Gasteiger partial charge is 0.317 e. The molecule has 0 aromatic rings. The van der Waals surface area contributed by atoms with Crippen molar-refractivity contribution in [2.75, 3.05) is 0 Å². The molecule has 82 valence electrons. The Kier molecular flexibility index (Phi) is 5.43. The van der Waals surface area contributed by atoms with Crippen LogP contribution in [0.1, 0.15) is 52.9 Å². The highest BCUT2D eigenvalue weighted by Gasteiger charge is 2.42. The molecule has 1 N–H and O–H groups in total. The first-order chi connectivity index (χ1) is 6.55. The Morgan fingerprint density at radius 3 is 1.71 bits per heavy atom. The summed E-state index contributed by atoms with van der Waals surface area (Å²) in [6, 6.07) is 0. The number of hydrogen-bond acceptors (Lipinski definition) is 2. The number of aliphatic carboxylic acids is 1. The lowest BCUT2D eigenvalue weighted by Crippen LogP contribution is -2.39. The number of Topliss-reactive ketones (excluding diaryl/α,β-unsaturated/α-hetero) is 1. The van der Waals surface area contributed by atoms with E-state index in [-0.39, 0.29) is 5.78 Å². The van der Waals surface area contributed by atoms with E-state index in [1.807, 2.05) is 13.8 Å². The van der Waals surface area contributed by atoms with Crippen molar-refractivity contribution in [3.8, 4) is 0 Å². The number of hydrogen-bond donors (Lipinski definition) is 1. The molecule has 0 aromatic heterocycles. The fourth-order valence-corrected chi connectivity index (χ4v) is 1.93. The van der Waals surface area contributed by atoms with Crippen molar-refractivity contribution in [1.29, 1.82) is 0 Å². The van der Waals surface area contributed by atoms with E-state index >= 15 is 0 Å². The molecule has 0 heterocycles. The SMILES string of the molecule is CCCC(CCC)(C(=O)O)C(=O)CC. The third-order valence-electron chi connectivity index (χ3n) is 2.62. The standard InChI is InChI=1S/C11H20O3/c1-4-7-11(8-5-2,10(13)14)9(12)6-3/h4-8H2,1-3H3,(H,13,14). The van der Waals surface area contributed by atoms with Crippen molar-refractivity contribution in [2.24, 2.45) is 5.41 Å². The van der Waals surface area contributed by atoms with Gasteiger partial charge in [0.25, 0.3) is 0 Å². The number of carbonyl (C=O) groups is 2. The minimum absolute atomic E-state index is 0.131. The maximum absolute atomic E-state index is 11.7. The van der Waals surface area contributed by atoms with Gasteiger partial charge in [-0.2, -0.15) is 0 Å². The Balaban J connectivity index is 4.92. The predicted molar refractivity (Wildman–Crippen MR) is 55.2 cm³/mol. The molecule has 0 bridgehead atoms. The van der Waals surface area contributed by atoms with Crippen molar-refractivity contribution in [1.82, 2.24) is 0 Å². The highest BCUT2D eigenvalue weighted by molar-refractivity contribution is 6.02. The fraction of sp³-hybridized carbons (Fsp3) is 0.818. The van der Waals surface area contributed by atoms with E-state index in [0.29, 0.717) is 19.3 Å². The van der Waals surface area contributed by atoms with Crippen molar-refractivity contribution >= 4 is 11.8 Å². The van der Waals surface area contributed by atoms with Crippen molar-refractivity contribution in [2.45, 2.75) is 52.9 Å². The van der Waals surface area contributed by atoms with E-state index in [4.69, 9.17) is 5.11 Å². The van der Waals surface area contributed by atoms with E-state index in [0.717, 1.165) is 12.8 Å². The van der Waals surface area contributed by atoms with Crippen LogP contribution in [-0.4, -0.2) is 16.9 Å². The van der Waals surface area contributed by atoms with Gasteiger partial charge in [0, 0.05) is 6.42 Å². The zero-order chi connectivity index (χ0) is 11.2. The summed E-state index contributed by atoms with van der Waals surface area (Å²) in [5, 5.41) is 9.17. The van der Waals surface area contributed by atoms with Gasteiger partial charge in [-0.25, -0.2) is 0 Å². The molecular weight excluding hydrogens is 180 g/mol. The quantitative estimate of drug-likeness (QED) is 0.643. The topological polar surface area (TPSA) is 54.4 Å². The number of carboxylic acids is 1. The van der Waals surface area contributed by atoms with Crippen molar-refractivity contribution in [3.63, 3.8) is 0 Å². The summed E-state index contributed by atoms with van der Waals surface area (Å²) >= 11 is 0. The zero-order valence-electron chi connectivity index (χ0n) is 9.30. The number of carboxylic acid groups (broad SMARTS) is 1. The van der Waals surface area contributed by atoms with E-state index in [1.165, 1.54) is 0 Å². The zero-order valence-corrected chi connectivity index (χ0v) is 9.30. The summed E-state index contributed by atoms with van der Waals surface area (Å²) < 4.78 is 0. The minimum atomic E-state index is -1.11. The molecule has 0 saturated heterocycles. The second kappa shape index (κ2) is 5.78. The van der Waals surface area contributed by atoms with Gasteiger partial charge in [0.15, 0.2) is 0 Å². The molecule has 0 radical (unpaired) electrons. The molecule has 3 heteroatoms. The third kappa shape index (κ3) is 2.56. The van der Waals surface area contributed by atoms with Crippen molar-refractivity contribution in [3.05, 3.63) is 0 Å². The second-order valence-electron chi connectivity index (χ2n) is 3.66. The van der Waals surface area contributed by atoms with Crippen LogP contribution in [-0.2, 0) is 9.59 Å². The molecule has 0 saturated carbocycles. The summed E-state index contributed by atoms with van der Waals surface area (Å²) in [5.74, 6) is -1.08. The molecule has 0 spiro atoms. The fourth-order valence-electron chi connectivity index (χ4n) is 1.93. The van der Waals surface area contributed by atoms with E-state index in [1.54, 1.807) is 6.92 Å². The molecule has 0 rings (SSSR count). The molecule has 0 atom stereocenters. The van der Waals surface area contributed by atoms with E-state index in [9.17, 15) is 9.59 Å². The lowest BCUT2D eigenvalue weighted by Gasteiger charge is -2.26. The van der Waals surface area contributed by atoms with Crippen LogP contribution in [0.3, 0.4) is 0 Å². The van der Waals surface area contributed by atoms with Gasteiger partial charge in [0.05, 0.1) is 0 Å². The summed E-state index contributed by atoms with van der Waals surface area (Å²) in [7, 11) is 0. The van der Waals surface area contributed by atoms with Gasteiger partial charge in [-0.05, 0) is 12.8 Å². The Hall–Kier alpha value is -0.860. The van der Waals surface area contributed by atoms with Crippen LogP contribution >= 0.6 is 0 Å². The maximum Gasteiger partial charge on any atom is 0.317 e. The number of carbonyl (C=O) groups excluding carboxylic acids is 1. The van der Waals surface area contributed by atoms with Crippen LogP contribution in [0.15, 0.2) is 0 Å². The number of rotatable bonds is 7. The van der Waals surface area contributed by atoms with E-state index in [2.05, 4.69) is 0 Å². The summed E-state index contributed by atoms with van der Waals surface area (Å²) in [6.07, 6.45) is 2.70. The van der Waals surface area contributed by atoms with Gasteiger partial charge in [-0.1, -0.05) is 33.6 Å². The summed E-state index contributed by atoms with van der Waals surface area (Å²) in [4.78, 5) is 22.9. The molecule has 0 amide bonds. The maximum atomic E-state index is 11.7. The third-order valence-corrected chi connectivity index (χ3v) is 2.62. The molecule has 14 heavy (non-hydrogen) atoms. The Bertz CT molecular complexity index is 203. The van der Waals surface area contributed by atoms with Gasteiger partial charge < -0.3 is 5.11 Å². The van der Waals surface area contributed by atoms with Gasteiger partial charge in [-0.3, -0.25) is 9.59 Å². The minimum Gasteiger partial charge on any atom is -0.480 e. The van der Waals surface area contributed by atoms with Crippen LogP contribution < -0.4 is 0 Å². The number of ketones is 1. The van der Waals surface area contributed by atoms with Crippen molar-refractivity contribution < 1.29 is 14.7 Å². The highest BCUT2D eigenvalue weighted by Crippen LogP contribution is 2.32. The average molecular weight is 200 g/mol. The molecular formula is C11H20O3. The first-order valence-corrected chi connectivity index (χ1v) is 5.31. The van der Waals surface area contributed by atoms with Crippen LogP contribution in [0.4, 0.5) is 0 Å². The summed E-state index contributed by atoms with van der Waals surface area (Å²) in [5.41, 5.74) is -1.11. The van der Waals surface area contributed by atoms with Crippen LogP contribution in [0, 0.1) is 5.41 Å². The van der Waals surface area contributed by atoms with Gasteiger partial charge in [0.2, 0.25) is 0 Å². The molecule has 0 aromatic carbocycles. The molecule has 0 unspecified atom stereocenters. The molecule has 3 nitrogen and oxygen atoms in total. The molecule has 0 fully saturated rings. The van der Waals surface area contributed by atoms with Crippen LogP contribution in [0.25, 0.3) is 0 Å². The molecule has 0 aliphatic heterocycles. The van der Waals surface area contributed by atoms with Gasteiger partial charge in [-0.15, -0.1) is 0 Å². The normalized spacial score (nSPS) is 11.4. The van der Waals surface area contributed by atoms with Crippen LogP contribution in [0.2, 0.25) is 0 Å². The summed E-state index contributed by atoms with van der Waals surface area (Å²) in [6.45, 7) is 5.55. The average Bonchev–Trinajstić information content (AvgIpc) is 2.15. The first-order valence-electron chi connectivity index (χ1n) is 5.31. The lowest BCUT2D eigenvalue weighted by molar-refractivity contribution is -0.156. The largest absolute Gasteiger partial charge is 0.480 e. The lowest BCUT2D eigenvalue weighted by atomic mass is 9.75. The van der Waals surface area contributed by atoms with Gasteiger partial charge >= 0.3 is 5.97 Å². The molecule has 0 aliphatic carbocycles. The predicted octanol–water partition coefficient (Wildman–Crippen LogP) is 2.64. The van der Waals surface area contributed by atoms with Crippen LogP contribution in [0.5, 0.6) is 0 Å². The monoisotopic (exact) mass is 200 g/mol. The van der Waals surface area contributed by atoms with Gasteiger partial charge in [0.1, 0.15) is 11.2 Å². The van der Waals surface area contributed by atoms with E-state index < -0.39 is 11.4 Å². The first kappa shape index (κ1) is 13.1. The Labute approximate surface area is 85.5 Å². The highest BCUT2D eigenvalue weighted by atomic mass is 16.4. The Morgan fingerprint density at radius 1 is 1.07 bits per heavy atom. The Morgan fingerprint density at radius 2 is 1.50 bits per heavy atom. The molecule has 0 aliphatic rings. The second-order valence-corrected chi connectivity index (χ2v) is 3.66.